The first kappa shape index (κ1) is 20.2. The Morgan fingerprint density at radius 2 is 1.96 bits per heavy atom. The van der Waals surface area contributed by atoms with E-state index in [0.717, 1.165) is 34.4 Å². The van der Waals surface area contributed by atoms with Crippen molar-refractivity contribution in [2.75, 3.05) is 12.3 Å². The first-order chi connectivity index (χ1) is 12.0. The lowest BCUT2D eigenvalue weighted by atomic mass is 10.0. The molecule has 4 heteroatoms. The summed E-state index contributed by atoms with van der Waals surface area (Å²) in [7, 11) is 0. The van der Waals surface area contributed by atoms with Gasteiger partial charge in [-0.3, -0.25) is 4.79 Å². The Morgan fingerprint density at radius 1 is 1.24 bits per heavy atom. The molecule has 0 aromatic heterocycles. The Kier molecular flexibility index (Phi) is 8.14. The van der Waals surface area contributed by atoms with E-state index in [1.54, 1.807) is 0 Å². The quantitative estimate of drug-likeness (QED) is 0.656. The van der Waals surface area contributed by atoms with E-state index in [-0.39, 0.29) is 5.91 Å². The van der Waals surface area contributed by atoms with Crippen LogP contribution in [0.1, 0.15) is 69.9 Å². The Bertz CT molecular complexity index is 553. The summed E-state index contributed by atoms with van der Waals surface area (Å²) in [5.41, 5.74) is 2.30. The molecule has 1 atom stereocenters. The summed E-state index contributed by atoms with van der Waals surface area (Å²) in [6.45, 7) is 8.88. The fourth-order valence-electron chi connectivity index (χ4n) is 3.24. The minimum Gasteiger partial charge on any atom is -0.481 e. The van der Waals surface area contributed by atoms with Crippen molar-refractivity contribution in [3.8, 4) is 5.75 Å². The summed E-state index contributed by atoms with van der Waals surface area (Å²) in [6, 6.07) is 6.22. The zero-order chi connectivity index (χ0) is 18.2. The largest absolute Gasteiger partial charge is 0.481 e. The predicted octanol–water partition coefficient (Wildman–Crippen LogP) is 5.07. The van der Waals surface area contributed by atoms with Crippen LogP contribution in [0.3, 0.4) is 0 Å². The number of benzene rings is 1. The molecule has 1 aliphatic rings. The second-order valence-electron chi connectivity index (χ2n) is 7.38. The minimum atomic E-state index is -0.473. The molecule has 25 heavy (non-hydrogen) atoms. The van der Waals surface area contributed by atoms with Gasteiger partial charge < -0.3 is 10.1 Å². The zero-order valence-corrected chi connectivity index (χ0v) is 17.0. The molecule has 2 rings (SSSR count). The van der Waals surface area contributed by atoms with E-state index in [1.165, 1.54) is 32.1 Å². The number of aryl methyl sites for hydroxylation is 1. The molecule has 0 saturated heterocycles. The van der Waals surface area contributed by atoms with Crippen LogP contribution < -0.4 is 10.1 Å². The number of carbonyl (C=O) groups is 1. The second kappa shape index (κ2) is 10.1. The Hall–Kier alpha value is -1.16. The van der Waals surface area contributed by atoms with Gasteiger partial charge in [0, 0.05) is 17.5 Å². The summed E-state index contributed by atoms with van der Waals surface area (Å²) in [5.74, 6) is 2.16. The molecule has 1 N–H and O–H groups in total. The standard InChI is InChI=1S/C21H33NO2S/c1-15(2)19-11-10-16(3)14-20(19)24-17(4)21(23)22-12-13-25-18-8-6-5-7-9-18/h10-11,14-15,17-18H,5-9,12-13H2,1-4H3,(H,22,23)/t17-/m1/s1. The summed E-state index contributed by atoms with van der Waals surface area (Å²) in [6.07, 6.45) is 6.32. The normalized spacial score (nSPS) is 16.7. The molecule has 0 spiro atoms. The van der Waals surface area contributed by atoms with E-state index < -0.39 is 6.10 Å². The first-order valence-electron chi connectivity index (χ1n) is 9.64. The highest BCUT2D eigenvalue weighted by Crippen LogP contribution is 2.29. The van der Waals surface area contributed by atoms with Gasteiger partial charge >= 0.3 is 0 Å². The molecule has 1 saturated carbocycles. The van der Waals surface area contributed by atoms with Crippen LogP contribution in [0, 0.1) is 6.92 Å². The van der Waals surface area contributed by atoms with Crippen molar-refractivity contribution in [2.24, 2.45) is 0 Å². The van der Waals surface area contributed by atoms with Gasteiger partial charge in [0.1, 0.15) is 5.75 Å². The third-order valence-corrected chi connectivity index (χ3v) is 6.15. The van der Waals surface area contributed by atoms with Gasteiger partial charge in [-0.25, -0.2) is 0 Å². The number of hydrogen-bond acceptors (Lipinski definition) is 3. The highest BCUT2D eigenvalue weighted by atomic mass is 32.2. The van der Waals surface area contributed by atoms with Crippen LogP contribution in [0.25, 0.3) is 0 Å². The molecule has 140 valence electrons. The maximum atomic E-state index is 12.3. The van der Waals surface area contributed by atoms with Gasteiger partial charge in [-0.15, -0.1) is 0 Å². The van der Waals surface area contributed by atoms with Crippen LogP contribution in [-0.2, 0) is 4.79 Å². The third kappa shape index (κ3) is 6.58. The van der Waals surface area contributed by atoms with E-state index in [1.807, 2.05) is 31.7 Å². The van der Waals surface area contributed by atoms with E-state index in [0.29, 0.717) is 5.92 Å². The van der Waals surface area contributed by atoms with Gasteiger partial charge in [0.15, 0.2) is 6.10 Å². The van der Waals surface area contributed by atoms with Gasteiger partial charge in [0.25, 0.3) is 5.91 Å². The van der Waals surface area contributed by atoms with Crippen molar-refractivity contribution < 1.29 is 9.53 Å². The Morgan fingerprint density at radius 3 is 2.64 bits per heavy atom. The van der Waals surface area contributed by atoms with Gasteiger partial charge in [0.05, 0.1) is 0 Å². The molecule has 1 aliphatic carbocycles. The van der Waals surface area contributed by atoms with Gasteiger partial charge in [0.2, 0.25) is 0 Å². The summed E-state index contributed by atoms with van der Waals surface area (Å²) in [5, 5.41) is 3.81. The molecule has 1 amide bonds. The number of thioether (sulfide) groups is 1. The zero-order valence-electron chi connectivity index (χ0n) is 16.1. The molecule has 1 fully saturated rings. The maximum absolute atomic E-state index is 12.3. The second-order valence-corrected chi connectivity index (χ2v) is 8.79. The van der Waals surface area contributed by atoms with Gasteiger partial charge in [-0.2, -0.15) is 11.8 Å². The fourth-order valence-corrected chi connectivity index (χ4v) is 4.46. The van der Waals surface area contributed by atoms with Crippen LogP contribution in [-0.4, -0.2) is 29.6 Å². The van der Waals surface area contributed by atoms with Crippen LogP contribution in [0.5, 0.6) is 5.75 Å². The summed E-state index contributed by atoms with van der Waals surface area (Å²) in [4.78, 5) is 12.3. The van der Waals surface area contributed by atoms with E-state index in [4.69, 9.17) is 4.74 Å². The van der Waals surface area contributed by atoms with E-state index in [9.17, 15) is 4.79 Å². The molecule has 0 heterocycles. The monoisotopic (exact) mass is 363 g/mol. The topological polar surface area (TPSA) is 38.3 Å². The smallest absolute Gasteiger partial charge is 0.260 e. The fraction of sp³-hybridized carbons (Fsp3) is 0.667. The molecule has 0 unspecified atom stereocenters. The van der Waals surface area contributed by atoms with Crippen LogP contribution in [0.4, 0.5) is 0 Å². The molecule has 1 aromatic carbocycles. The lowest BCUT2D eigenvalue weighted by Crippen LogP contribution is -2.37. The van der Waals surface area contributed by atoms with Crippen LogP contribution >= 0.6 is 11.8 Å². The maximum Gasteiger partial charge on any atom is 0.260 e. The lowest BCUT2D eigenvalue weighted by Gasteiger charge is -2.21. The van der Waals surface area contributed by atoms with Crippen molar-refractivity contribution in [3.63, 3.8) is 0 Å². The highest BCUT2D eigenvalue weighted by Gasteiger charge is 2.18. The molecular weight excluding hydrogens is 330 g/mol. The van der Waals surface area contributed by atoms with E-state index in [2.05, 4.69) is 31.3 Å². The van der Waals surface area contributed by atoms with Crippen molar-refractivity contribution >= 4 is 17.7 Å². The highest BCUT2D eigenvalue weighted by molar-refractivity contribution is 7.99. The third-order valence-electron chi connectivity index (χ3n) is 4.77. The number of hydrogen-bond donors (Lipinski definition) is 1. The van der Waals surface area contributed by atoms with Crippen molar-refractivity contribution in [1.29, 1.82) is 0 Å². The molecule has 3 nitrogen and oxygen atoms in total. The summed E-state index contributed by atoms with van der Waals surface area (Å²) >= 11 is 2.01. The Balaban J connectivity index is 1.77. The van der Waals surface area contributed by atoms with E-state index >= 15 is 0 Å². The Labute approximate surface area is 157 Å². The average molecular weight is 364 g/mol. The molecule has 0 aliphatic heterocycles. The first-order valence-corrected chi connectivity index (χ1v) is 10.7. The average Bonchev–Trinajstić information content (AvgIpc) is 2.59. The SMILES string of the molecule is Cc1ccc(C(C)C)c(O[C@H](C)C(=O)NCCSC2CCCCC2)c1. The molecule has 1 aromatic rings. The van der Waals surface area contributed by atoms with Gasteiger partial charge in [-0.1, -0.05) is 45.2 Å². The minimum absolute atomic E-state index is 0.0274. The predicted molar refractivity (Wildman–Crippen MR) is 108 cm³/mol. The molecule has 0 bridgehead atoms. The van der Waals surface area contributed by atoms with Crippen molar-refractivity contribution in [3.05, 3.63) is 29.3 Å². The number of nitrogens with one attached hydrogen (secondary N) is 1. The molecule has 0 radical (unpaired) electrons. The van der Waals surface area contributed by atoms with Crippen LogP contribution in [0.15, 0.2) is 18.2 Å². The lowest BCUT2D eigenvalue weighted by molar-refractivity contribution is -0.127. The number of amides is 1. The van der Waals surface area contributed by atoms with Gasteiger partial charge in [-0.05, 0) is 49.8 Å². The number of carbonyl (C=O) groups excluding carboxylic acids is 1. The van der Waals surface area contributed by atoms with Crippen molar-refractivity contribution in [1.82, 2.24) is 5.32 Å². The van der Waals surface area contributed by atoms with Crippen LogP contribution in [0.2, 0.25) is 0 Å². The number of rotatable bonds is 8. The summed E-state index contributed by atoms with van der Waals surface area (Å²) < 4.78 is 5.98. The number of ether oxygens (including phenoxy) is 1. The molecular formula is C21H33NO2S. The van der Waals surface area contributed by atoms with Crippen molar-refractivity contribution in [2.45, 2.75) is 77.1 Å².